The van der Waals surface area contributed by atoms with Gasteiger partial charge in [-0.15, -0.1) is 11.3 Å². The van der Waals surface area contributed by atoms with Crippen LogP contribution < -0.4 is 0 Å². The molecular formula is C11H13ClO3S2. The summed E-state index contributed by atoms with van der Waals surface area (Å²) in [5.74, 6) is 0.187. The standard InChI is InChI=1S/C11H13ClO3S2/c12-9-2-1-8(16-9)6-17(15)7-11(3-4-11)5-10(13)14/h1-2H,3-7H2,(H,13,14). The fourth-order valence-corrected chi connectivity index (χ4v) is 4.95. The van der Waals surface area contributed by atoms with Gasteiger partial charge in [-0.3, -0.25) is 9.00 Å². The first kappa shape index (κ1) is 13.1. The van der Waals surface area contributed by atoms with Gasteiger partial charge < -0.3 is 5.11 Å². The Hall–Kier alpha value is -0.390. The minimum atomic E-state index is -0.993. The predicted octanol–water partition coefficient (Wildman–Crippen LogP) is 2.91. The van der Waals surface area contributed by atoms with Crippen molar-refractivity contribution in [1.29, 1.82) is 0 Å². The van der Waals surface area contributed by atoms with Crippen molar-refractivity contribution in [1.82, 2.24) is 0 Å². The molecule has 94 valence electrons. The molecule has 1 aliphatic carbocycles. The second-order valence-electron chi connectivity index (χ2n) is 4.50. The molecule has 0 spiro atoms. The van der Waals surface area contributed by atoms with Crippen LogP contribution in [0.2, 0.25) is 4.34 Å². The van der Waals surface area contributed by atoms with Crippen molar-refractivity contribution in [2.45, 2.75) is 25.0 Å². The van der Waals surface area contributed by atoms with Crippen LogP contribution in [0.25, 0.3) is 0 Å². The summed E-state index contributed by atoms with van der Waals surface area (Å²) in [6, 6.07) is 3.67. The maximum absolute atomic E-state index is 11.9. The second kappa shape index (κ2) is 5.08. The Kier molecular flexibility index (Phi) is 3.90. The molecule has 1 unspecified atom stereocenters. The van der Waals surface area contributed by atoms with Gasteiger partial charge in [0.1, 0.15) is 0 Å². The Morgan fingerprint density at radius 1 is 1.53 bits per heavy atom. The number of carboxylic acid groups (broad SMARTS) is 1. The maximum atomic E-state index is 11.9. The zero-order valence-corrected chi connectivity index (χ0v) is 11.5. The molecule has 0 bridgehead atoms. The van der Waals surface area contributed by atoms with Crippen molar-refractivity contribution in [2.75, 3.05) is 5.75 Å². The third-order valence-corrected chi connectivity index (χ3v) is 5.86. The van der Waals surface area contributed by atoms with Gasteiger partial charge in [0.05, 0.1) is 16.5 Å². The van der Waals surface area contributed by atoms with Gasteiger partial charge in [-0.1, -0.05) is 11.6 Å². The van der Waals surface area contributed by atoms with Crippen LogP contribution in [0.5, 0.6) is 0 Å². The van der Waals surface area contributed by atoms with Crippen LogP contribution in [-0.2, 0) is 21.3 Å². The van der Waals surface area contributed by atoms with Crippen molar-refractivity contribution >= 4 is 39.7 Å². The van der Waals surface area contributed by atoms with E-state index in [2.05, 4.69) is 0 Å². The van der Waals surface area contributed by atoms with E-state index >= 15 is 0 Å². The quantitative estimate of drug-likeness (QED) is 0.877. The van der Waals surface area contributed by atoms with E-state index in [1.54, 1.807) is 6.07 Å². The van der Waals surface area contributed by atoms with Crippen LogP contribution >= 0.6 is 22.9 Å². The van der Waals surface area contributed by atoms with Crippen molar-refractivity contribution in [3.05, 3.63) is 21.3 Å². The zero-order valence-electron chi connectivity index (χ0n) is 9.15. The Bertz CT molecular complexity index is 451. The van der Waals surface area contributed by atoms with Gasteiger partial charge in [0.15, 0.2) is 0 Å². The minimum Gasteiger partial charge on any atom is -0.481 e. The van der Waals surface area contributed by atoms with E-state index in [0.717, 1.165) is 17.7 Å². The molecule has 0 radical (unpaired) electrons. The fraction of sp³-hybridized carbons (Fsp3) is 0.545. The summed E-state index contributed by atoms with van der Waals surface area (Å²) in [5.41, 5.74) is -0.197. The molecular weight excluding hydrogens is 280 g/mol. The predicted molar refractivity (Wildman–Crippen MR) is 70.0 cm³/mol. The molecule has 1 atom stereocenters. The largest absolute Gasteiger partial charge is 0.481 e. The number of rotatable bonds is 6. The third-order valence-electron chi connectivity index (χ3n) is 2.88. The summed E-state index contributed by atoms with van der Waals surface area (Å²) in [6.07, 6.45) is 1.91. The second-order valence-corrected chi connectivity index (χ2v) is 7.76. The van der Waals surface area contributed by atoms with Crippen molar-refractivity contribution in [2.24, 2.45) is 5.41 Å². The highest BCUT2D eigenvalue weighted by atomic mass is 35.5. The van der Waals surface area contributed by atoms with E-state index in [1.165, 1.54) is 11.3 Å². The smallest absolute Gasteiger partial charge is 0.303 e. The molecule has 0 saturated heterocycles. The molecule has 6 heteroatoms. The Morgan fingerprint density at radius 3 is 2.71 bits per heavy atom. The number of carboxylic acids is 1. The highest BCUT2D eigenvalue weighted by molar-refractivity contribution is 7.84. The van der Waals surface area contributed by atoms with Gasteiger partial charge in [-0.25, -0.2) is 0 Å². The van der Waals surface area contributed by atoms with Crippen LogP contribution in [0.15, 0.2) is 12.1 Å². The summed E-state index contributed by atoms with van der Waals surface area (Å²) in [5, 5.41) is 8.78. The third kappa shape index (κ3) is 3.79. The van der Waals surface area contributed by atoms with Crippen LogP contribution in [-0.4, -0.2) is 21.0 Å². The fourth-order valence-electron chi connectivity index (χ4n) is 1.85. The number of hydrogen-bond donors (Lipinski definition) is 1. The van der Waals surface area contributed by atoms with Crippen LogP contribution in [0.1, 0.15) is 24.1 Å². The number of carbonyl (C=O) groups is 1. The summed E-state index contributed by atoms with van der Waals surface area (Å²) in [6.45, 7) is 0. The topological polar surface area (TPSA) is 54.4 Å². The number of hydrogen-bond acceptors (Lipinski definition) is 3. The lowest BCUT2D eigenvalue weighted by Crippen LogP contribution is -2.17. The van der Waals surface area contributed by atoms with E-state index in [9.17, 15) is 9.00 Å². The van der Waals surface area contributed by atoms with Gasteiger partial charge in [-0.2, -0.15) is 0 Å². The maximum Gasteiger partial charge on any atom is 0.303 e. The van der Waals surface area contributed by atoms with Gasteiger partial charge in [0.25, 0.3) is 0 Å². The van der Waals surface area contributed by atoms with E-state index in [1.807, 2.05) is 6.07 Å². The van der Waals surface area contributed by atoms with E-state index in [-0.39, 0.29) is 11.8 Å². The van der Waals surface area contributed by atoms with Gasteiger partial charge in [0.2, 0.25) is 0 Å². The van der Waals surface area contributed by atoms with Gasteiger partial charge in [-0.05, 0) is 30.4 Å². The Labute approximate surface area is 111 Å². The van der Waals surface area contributed by atoms with Gasteiger partial charge >= 0.3 is 5.97 Å². The van der Waals surface area contributed by atoms with Crippen molar-refractivity contribution < 1.29 is 14.1 Å². The first-order valence-corrected chi connectivity index (χ1v) is 7.98. The summed E-state index contributed by atoms with van der Waals surface area (Å²) in [7, 11) is -0.993. The lowest BCUT2D eigenvalue weighted by atomic mass is 10.1. The van der Waals surface area contributed by atoms with Crippen molar-refractivity contribution in [3.8, 4) is 0 Å². The number of halogens is 1. The van der Waals surface area contributed by atoms with E-state index < -0.39 is 16.8 Å². The van der Waals surface area contributed by atoms with Crippen LogP contribution in [0.4, 0.5) is 0 Å². The number of aliphatic carboxylic acids is 1. The Balaban J connectivity index is 1.87. The minimum absolute atomic E-state index is 0.143. The average molecular weight is 293 g/mol. The SMILES string of the molecule is O=C(O)CC1(CS(=O)Cc2ccc(Cl)s2)CC1. The molecule has 1 aromatic heterocycles. The van der Waals surface area contributed by atoms with Crippen LogP contribution in [0, 0.1) is 5.41 Å². The lowest BCUT2D eigenvalue weighted by molar-refractivity contribution is -0.138. The molecule has 1 saturated carbocycles. The van der Waals surface area contributed by atoms with Crippen molar-refractivity contribution in [3.63, 3.8) is 0 Å². The first-order valence-electron chi connectivity index (χ1n) is 5.30. The summed E-state index contributed by atoms with van der Waals surface area (Å²) < 4.78 is 12.6. The molecule has 3 nitrogen and oxygen atoms in total. The molecule has 1 fully saturated rings. The molecule has 1 heterocycles. The monoisotopic (exact) mass is 292 g/mol. The van der Waals surface area contributed by atoms with Crippen LogP contribution in [0.3, 0.4) is 0 Å². The highest BCUT2D eigenvalue weighted by Gasteiger charge is 2.45. The summed E-state index contributed by atoms with van der Waals surface area (Å²) in [4.78, 5) is 11.7. The normalized spacial score (nSPS) is 18.9. The summed E-state index contributed by atoms with van der Waals surface area (Å²) >= 11 is 7.23. The Morgan fingerprint density at radius 2 is 2.24 bits per heavy atom. The highest BCUT2D eigenvalue weighted by Crippen LogP contribution is 2.49. The van der Waals surface area contributed by atoms with Gasteiger partial charge in [0, 0.05) is 21.4 Å². The van der Waals surface area contributed by atoms with E-state index in [0.29, 0.717) is 15.8 Å². The molecule has 0 amide bonds. The molecule has 1 N–H and O–H groups in total. The molecule has 0 aromatic carbocycles. The molecule has 17 heavy (non-hydrogen) atoms. The molecule has 1 aliphatic rings. The zero-order chi connectivity index (χ0) is 12.5. The molecule has 1 aromatic rings. The van der Waals surface area contributed by atoms with E-state index in [4.69, 9.17) is 16.7 Å². The average Bonchev–Trinajstić information content (AvgIpc) is 2.80. The molecule has 0 aliphatic heterocycles. The lowest BCUT2D eigenvalue weighted by Gasteiger charge is -2.11. The first-order chi connectivity index (χ1) is 7.99. The number of thiophene rings is 1. The molecule has 2 rings (SSSR count).